The minimum Gasteiger partial charge on any atom is -0.507 e. The summed E-state index contributed by atoms with van der Waals surface area (Å²) in [4.78, 5) is 11.2. The number of fused-ring (bicyclic) bond motifs is 1. The van der Waals surface area contributed by atoms with Crippen molar-refractivity contribution in [3.8, 4) is 11.5 Å². The van der Waals surface area contributed by atoms with Gasteiger partial charge in [-0.05, 0) is 42.2 Å². The van der Waals surface area contributed by atoms with E-state index in [2.05, 4.69) is 13.8 Å². The van der Waals surface area contributed by atoms with E-state index in [0.717, 1.165) is 6.42 Å². The summed E-state index contributed by atoms with van der Waals surface area (Å²) in [5.74, 6) is -1.31. The van der Waals surface area contributed by atoms with Gasteiger partial charge >= 0.3 is 5.97 Å². The van der Waals surface area contributed by atoms with Crippen molar-refractivity contribution in [3.63, 3.8) is 0 Å². The van der Waals surface area contributed by atoms with Crippen LogP contribution in [0.3, 0.4) is 0 Å². The highest BCUT2D eigenvalue weighted by Crippen LogP contribution is 2.67. The van der Waals surface area contributed by atoms with E-state index in [9.17, 15) is 20.1 Å². The fraction of sp³-hybridized carbons (Fsp3) is 0.588. The fourth-order valence-electron chi connectivity index (χ4n) is 4.90. The average molecular weight is 320 g/mol. The Labute approximate surface area is 133 Å². The highest BCUT2D eigenvalue weighted by Gasteiger charge is 2.70. The van der Waals surface area contributed by atoms with Crippen LogP contribution >= 0.6 is 0 Å². The molecule has 3 aliphatic carbocycles. The Hall–Kier alpha value is -1.79. The van der Waals surface area contributed by atoms with Crippen LogP contribution in [0, 0.1) is 17.3 Å². The molecule has 1 aliphatic heterocycles. The van der Waals surface area contributed by atoms with Gasteiger partial charge < -0.3 is 25.2 Å². The number of carboxylic acids is 1. The SMILES string of the molecule is CC1(C)[C@@H]2C[C@@H]3Oc4ccc(C(=O)O)c(O)c4[C@@H](O)[C@]3(O)[C@H]1C2. The van der Waals surface area contributed by atoms with Gasteiger partial charge in [0.15, 0.2) is 0 Å². The smallest absolute Gasteiger partial charge is 0.339 e. The number of phenols is 1. The van der Waals surface area contributed by atoms with E-state index >= 15 is 0 Å². The van der Waals surface area contributed by atoms with Gasteiger partial charge in [-0.25, -0.2) is 4.79 Å². The lowest BCUT2D eigenvalue weighted by molar-refractivity contribution is -0.289. The Bertz CT molecular complexity index is 711. The Morgan fingerprint density at radius 1 is 1.30 bits per heavy atom. The topological polar surface area (TPSA) is 107 Å². The van der Waals surface area contributed by atoms with Crippen LogP contribution < -0.4 is 4.74 Å². The number of benzene rings is 1. The zero-order valence-corrected chi connectivity index (χ0v) is 13.0. The second-order valence-electron chi connectivity index (χ2n) is 7.62. The van der Waals surface area contributed by atoms with Crippen LogP contribution in [0.2, 0.25) is 0 Å². The summed E-state index contributed by atoms with van der Waals surface area (Å²) < 4.78 is 5.86. The molecule has 6 heteroatoms. The van der Waals surface area contributed by atoms with Crippen LogP contribution in [0.1, 0.15) is 48.7 Å². The Morgan fingerprint density at radius 2 is 2.00 bits per heavy atom. The van der Waals surface area contributed by atoms with E-state index in [1.54, 1.807) is 0 Å². The first-order valence-electron chi connectivity index (χ1n) is 7.85. The number of rotatable bonds is 1. The molecule has 6 nitrogen and oxygen atoms in total. The van der Waals surface area contributed by atoms with Gasteiger partial charge in [0.1, 0.15) is 34.9 Å². The minimum absolute atomic E-state index is 0.0233. The van der Waals surface area contributed by atoms with Crippen LogP contribution in [0.25, 0.3) is 0 Å². The molecule has 5 atom stereocenters. The highest BCUT2D eigenvalue weighted by atomic mass is 16.5. The van der Waals surface area contributed by atoms with Crippen molar-refractivity contribution in [3.05, 3.63) is 23.3 Å². The quantitative estimate of drug-likeness (QED) is 0.627. The summed E-state index contributed by atoms with van der Waals surface area (Å²) in [6, 6.07) is 2.69. The maximum atomic E-state index is 11.3. The third kappa shape index (κ3) is 1.58. The van der Waals surface area contributed by atoms with E-state index in [1.165, 1.54) is 12.1 Å². The molecule has 0 unspecified atom stereocenters. The molecule has 0 saturated heterocycles. The van der Waals surface area contributed by atoms with Gasteiger partial charge in [-0.15, -0.1) is 0 Å². The molecule has 1 aromatic carbocycles. The highest BCUT2D eigenvalue weighted by molar-refractivity contribution is 5.92. The molecule has 1 aromatic rings. The van der Waals surface area contributed by atoms with Crippen LogP contribution in [0.4, 0.5) is 0 Å². The number of carbonyl (C=O) groups is 1. The normalized spacial score (nSPS) is 39.5. The lowest BCUT2D eigenvalue weighted by Crippen LogP contribution is -2.72. The number of carboxylic acid groups (broad SMARTS) is 1. The van der Waals surface area contributed by atoms with Gasteiger partial charge in [0.25, 0.3) is 0 Å². The predicted molar refractivity (Wildman–Crippen MR) is 79.4 cm³/mol. The molecule has 4 aliphatic rings. The Balaban J connectivity index is 1.86. The average Bonchev–Trinajstić information content (AvgIpc) is 2.47. The molecule has 2 bridgehead atoms. The molecule has 3 saturated carbocycles. The molecule has 4 N–H and O–H groups in total. The molecule has 0 aromatic heterocycles. The molecule has 3 fully saturated rings. The van der Waals surface area contributed by atoms with Crippen LogP contribution in [-0.2, 0) is 0 Å². The van der Waals surface area contributed by atoms with Crippen molar-refractivity contribution in [2.45, 2.75) is 44.5 Å². The van der Waals surface area contributed by atoms with Crippen LogP contribution in [0.15, 0.2) is 12.1 Å². The zero-order chi connectivity index (χ0) is 16.7. The van der Waals surface area contributed by atoms with Gasteiger partial charge in [-0.3, -0.25) is 0 Å². The van der Waals surface area contributed by atoms with E-state index in [0.29, 0.717) is 12.3 Å². The van der Waals surface area contributed by atoms with Gasteiger partial charge in [0.2, 0.25) is 0 Å². The Morgan fingerprint density at radius 3 is 2.61 bits per heavy atom. The first-order valence-corrected chi connectivity index (χ1v) is 7.85. The molecule has 5 rings (SSSR count). The first kappa shape index (κ1) is 14.8. The number of aliphatic hydroxyl groups is 2. The minimum atomic E-state index is -1.51. The van der Waals surface area contributed by atoms with E-state index in [4.69, 9.17) is 9.84 Å². The summed E-state index contributed by atoms with van der Waals surface area (Å²) in [6.07, 6.45) is -0.481. The second-order valence-corrected chi connectivity index (χ2v) is 7.62. The fourth-order valence-corrected chi connectivity index (χ4v) is 4.90. The van der Waals surface area contributed by atoms with E-state index < -0.39 is 29.5 Å². The predicted octanol–water partition coefficient (Wildman–Crippen LogP) is 1.68. The van der Waals surface area contributed by atoms with Crippen molar-refractivity contribution in [1.82, 2.24) is 0 Å². The summed E-state index contributed by atoms with van der Waals surface area (Å²) in [5, 5.41) is 41.5. The summed E-state index contributed by atoms with van der Waals surface area (Å²) in [6.45, 7) is 4.13. The number of hydrogen-bond donors (Lipinski definition) is 4. The standard InChI is InChI=1S/C17H20O6/c1-16(2)7-5-10(16)17(22)11(6-7)23-9-4-3-8(15(20)21)13(18)12(9)14(17)19/h3-4,7,10-11,14,18-19,22H,5-6H2,1-2H3,(H,20,21)/t7-,10-,11-,14+,17-/m0/s1. The van der Waals surface area contributed by atoms with Gasteiger partial charge in [0.05, 0.1) is 5.56 Å². The first-order chi connectivity index (χ1) is 10.7. The summed E-state index contributed by atoms with van der Waals surface area (Å²) in [5.41, 5.74) is -1.97. The van der Waals surface area contributed by atoms with Gasteiger partial charge in [-0.2, -0.15) is 0 Å². The van der Waals surface area contributed by atoms with Gasteiger partial charge in [-0.1, -0.05) is 13.8 Å². The third-order valence-corrected chi connectivity index (χ3v) is 6.43. The van der Waals surface area contributed by atoms with Crippen molar-refractivity contribution in [2.75, 3.05) is 0 Å². The Kier molecular flexibility index (Phi) is 2.69. The van der Waals surface area contributed by atoms with Gasteiger partial charge in [0, 0.05) is 0 Å². The molecule has 23 heavy (non-hydrogen) atoms. The van der Waals surface area contributed by atoms with Crippen molar-refractivity contribution in [1.29, 1.82) is 0 Å². The van der Waals surface area contributed by atoms with E-state index in [-0.39, 0.29) is 28.2 Å². The molecule has 1 heterocycles. The molecule has 0 spiro atoms. The van der Waals surface area contributed by atoms with Crippen molar-refractivity contribution < 1.29 is 30.0 Å². The number of hydrogen-bond acceptors (Lipinski definition) is 5. The molecule has 0 radical (unpaired) electrons. The number of aromatic hydroxyl groups is 1. The molecule has 0 amide bonds. The third-order valence-electron chi connectivity index (χ3n) is 6.43. The van der Waals surface area contributed by atoms with E-state index in [1.807, 2.05) is 0 Å². The monoisotopic (exact) mass is 320 g/mol. The lowest BCUT2D eigenvalue weighted by Gasteiger charge is -2.67. The summed E-state index contributed by atoms with van der Waals surface area (Å²) in [7, 11) is 0. The van der Waals surface area contributed by atoms with Crippen LogP contribution in [-0.4, -0.2) is 38.1 Å². The molecular formula is C17H20O6. The lowest BCUT2D eigenvalue weighted by atomic mass is 9.42. The van der Waals surface area contributed by atoms with Crippen molar-refractivity contribution >= 4 is 5.97 Å². The van der Waals surface area contributed by atoms with Crippen molar-refractivity contribution in [2.24, 2.45) is 17.3 Å². The maximum Gasteiger partial charge on any atom is 0.339 e. The zero-order valence-electron chi connectivity index (χ0n) is 13.0. The largest absolute Gasteiger partial charge is 0.507 e. The number of aromatic carboxylic acids is 1. The summed E-state index contributed by atoms with van der Waals surface area (Å²) >= 11 is 0. The second kappa shape index (κ2) is 4.19. The maximum absolute atomic E-state index is 11.3. The number of aliphatic hydroxyl groups excluding tert-OH is 1. The van der Waals surface area contributed by atoms with Crippen LogP contribution in [0.5, 0.6) is 11.5 Å². The molecular weight excluding hydrogens is 300 g/mol. The molecule has 124 valence electrons. The number of ether oxygens (including phenoxy) is 1.